The van der Waals surface area contributed by atoms with Crippen LogP contribution in [0.3, 0.4) is 0 Å². The van der Waals surface area contributed by atoms with Crippen LogP contribution in [0.25, 0.3) is 10.8 Å². The lowest BCUT2D eigenvalue weighted by atomic mass is 10.1. The summed E-state index contributed by atoms with van der Waals surface area (Å²) in [4.78, 5) is 10.7. The number of fused-ring (bicyclic) bond motifs is 1. The zero-order valence-electron chi connectivity index (χ0n) is 10.2. The Morgan fingerprint density at radius 3 is 2.22 bits per heavy atom. The Morgan fingerprint density at radius 2 is 1.67 bits per heavy atom. The summed E-state index contributed by atoms with van der Waals surface area (Å²) in [6, 6.07) is 11.1. The number of benzene rings is 2. The molecule has 0 radical (unpaired) electrons. The number of carboxylic acids is 1. The number of carboxylic acid groups (broad SMARTS) is 1. The predicted octanol–water partition coefficient (Wildman–Crippen LogP) is 2.70. The van der Waals surface area contributed by atoms with Crippen LogP contribution < -0.4 is 9.47 Å². The molecular formula is C14H14O4. The number of carbonyl (C=O) groups is 1. The second kappa shape index (κ2) is 4.96. The average Bonchev–Trinajstić information content (AvgIpc) is 2.37. The Labute approximate surface area is 105 Å². The topological polar surface area (TPSA) is 55.8 Å². The molecule has 0 aromatic heterocycles. The van der Waals surface area contributed by atoms with E-state index < -0.39 is 12.1 Å². The summed E-state index contributed by atoms with van der Waals surface area (Å²) in [7, 11) is 1.62. The van der Waals surface area contributed by atoms with Gasteiger partial charge < -0.3 is 14.6 Å². The number of ether oxygens (including phenoxy) is 2. The fraction of sp³-hybridized carbons (Fsp3) is 0.214. The molecule has 0 unspecified atom stereocenters. The molecule has 1 atom stereocenters. The Bertz CT molecular complexity index is 577. The van der Waals surface area contributed by atoms with Crippen LogP contribution in [0.1, 0.15) is 6.92 Å². The first kappa shape index (κ1) is 12.2. The summed E-state index contributed by atoms with van der Waals surface area (Å²) < 4.78 is 10.4. The molecular weight excluding hydrogens is 232 g/mol. The zero-order chi connectivity index (χ0) is 13.1. The summed E-state index contributed by atoms with van der Waals surface area (Å²) in [5.74, 6) is 0.350. The summed E-state index contributed by atoms with van der Waals surface area (Å²) in [5.41, 5.74) is 0. The first-order valence-electron chi connectivity index (χ1n) is 5.57. The molecule has 0 amide bonds. The summed E-state index contributed by atoms with van der Waals surface area (Å²) in [6.45, 7) is 1.50. The van der Waals surface area contributed by atoms with E-state index in [9.17, 15) is 4.79 Å². The van der Waals surface area contributed by atoms with Crippen LogP contribution in [-0.4, -0.2) is 24.3 Å². The third kappa shape index (κ3) is 2.53. The molecule has 2 aromatic carbocycles. The zero-order valence-corrected chi connectivity index (χ0v) is 10.2. The van der Waals surface area contributed by atoms with Gasteiger partial charge in [-0.1, -0.05) is 12.1 Å². The molecule has 1 N–H and O–H groups in total. The normalized spacial score (nSPS) is 12.1. The number of hydrogen-bond donors (Lipinski definition) is 1. The van der Waals surface area contributed by atoms with Crippen LogP contribution in [0.15, 0.2) is 36.4 Å². The van der Waals surface area contributed by atoms with Crippen molar-refractivity contribution < 1.29 is 19.4 Å². The molecule has 94 valence electrons. The Morgan fingerprint density at radius 1 is 1.11 bits per heavy atom. The summed E-state index contributed by atoms with van der Waals surface area (Å²) >= 11 is 0. The van der Waals surface area contributed by atoms with E-state index in [1.807, 2.05) is 30.3 Å². The van der Waals surface area contributed by atoms with Crippen molar-refractivity contribution >= 4 is 16.7 Å². The van der Waals surface area contributed by atoms with Crippen molar-refractivity contribution in [2.45, 2.75) is 13.0 Å². The quantitative estimate of drug-likeness (QED) is 0.901. The summed E-state index contributed by atoms with van der Waals surface area (Å²) in [5, 5.41) is 10.8. The minimum absolute atomic E-state index is 0.544. The number of methoxy groups -OCH3 is 1. The van der Waals surface area contributed by atoms with Gasteiger partial charge >= 0.3 is 5.97 Å². The number of aliphatic carboxylic acids is 1. The van der Waals surface area contributed by atoms with E-state index in [2.05, 4.69) is 0 Å². The number of rotatable bonds is 4. The fourth-order valence-electron chi connectivity index (χ4n) is 1.66. The van der Waals surface area contributed by atoms with Gasteiger partial charge in [0.25, 0.3) is 0 Å². The van der Waals surface area contributed by atoms with Crippen molar-refractivity contribution in [2.24, 2.45) is 0 Å². The molecule has 0 aliphatic carbocycles. The van der Waals surface area contributed by atoms with Gasteiger partial charge in [-0.3, -0.25) is 0 Å². The van der Waals surface area contributed by atoms with Crippen LogP contribution >= 0.6 is 0 Å². The van der Waals surface area contributed by atoms with E-state index in [1.165, 1.54) is 6.92 Å². The third-order valence-electron chi connectivity index (χ3n) is 2.68. The van der Waals surface area contributed by atoms with Gasteiger partial charge in [0.1, 0.15) is 11.5 Å². The highest BCUT2D eigenvalue weighted by molar-refractivity contribution is 5.85. The molecule has 0 fully saturated rings. The van der Waals surface area contributed by atoms with E-state index >= 15 is 0 Å². The van der Waals surface area contributed by atoms with Crippen molar-refractivity contribution in [2.75, 3.05) is 7.11 Å². The van der Waals surface area contributed by atoms with Crippen LogP contribution in [0.4, 0.5) is 0 Å². The van der Waals surface area contributed by atoms with E-state index in [-0.39, 0.29) is 0 Å². The van der Waals surface area contributed by atoms with Gasteiger partial charge in [0.05, 0.1) is 7.11 Å². The van der Waals surface area contributed by atoms with Crippen molar-refractivity contribution in [1.29, 1.82) is 0 Å². The Hall–Kier alpha value is -2.23. The molecule has 2 aromatic rings. The SMILES string of the molecule is COc1ccc2cc(O[C@@H](C)C(=O)O)ccc2c1. The molecule has 0 aliphatic rings. The maximum absolute atomic E-state index is 10.7. The van der Waals surface area contributed by atoms with E-state index in [1.54, 1.807) is 13.2 Å². The first-order valence-corrected chi connectivity index (χ1v) is 5.57. The smallest absolute Gasteiger partial charge is 0.344 e. The van der Waals surface area contributed by atoms with Crippen LogP contribution in [-0.2, 0) is 4.79 Å². The molecule has 4 nitrogen and oxygen atoms in total. The van der Waals surface area contributed by atoms with Crippen molar-refractivity contribution in [3.05, 3.63) is 36.4 Å². The lowest BCUT2D eigenvalue weighted by molar-refractivity contribution is -0.144. The minimum Gasteiger partial charge on any atom is -0.497 e. The summed E-state index contributed by atoms with van der Waals surface area (Å²) in [6.07, 6.45) is -0.860. The van der Waals surface area contributed by atoms with Gasteiger partial charge in [0.15, 0.2) is 6.10 Å². The van der Waals surface area contributed by atoms with E-state index in [0.717, 1.165) is 16.5 Å². The molecule has 18 heavy (non-hydrogen) atoms. The van der Waals surface area contributed by atoms with Crippen LogP contribution in [0.2, 0.25) is 0 Å². The fourth-order valence-corrected chi connectivity index (χ4v) is 1.66. The van der Waals surface area contributed by atoms with Gasteiger partial charge in [-0.2, -0.15) is 0 Å². The van der Waals surface area contributed by atoms with Gasteiger partial charge in [-0.25, -0.2) is 4.79 Å². The number of hydrogen-bond acceptors (Lipinski definition) is 3. The molecule has 0 saturated carbocycles. The van der Waals surface area contributed by atoms with Crippen LogP contribution in [0, 0.1) is 0 Å². The highest BCUT2D eigenvalue weighted by atomic mass is 16.5. The maximum Gasteiger partial charge on any atom is 0.344 e. The lowest BCUT2D eigenvalue weighted by Crippen LogP contribution is -2.22. The van der Waals surface area contributed by atoms with Crippen LogP contribution in [0.5, 0.6) is 11.5 Å². The van der Waals surface area contributed by atoms with E-state index in [4.69, 9.17) is 14.6 Å². The minimum atomic E-state index is -0.982. The lowest BCUT2D eigenvalue weighted by Gasteiger charge is -2.11. The Balaban J connectivity index is 2.30. The molecule has 0 aliphatic heterocycles. The van der Waals surface area contributed by atoms with Crippen molar-refractivity contribution in [1.82, 2.24) is 0 Å². The molecule has 2 rings (SSSR count). The molecule has 4 heteroatoms. The van der Waals surface area contributed by atoms with Crippen molar-refractivity contribution in [3.8, 4) is 11.5 Å². The van der Waals surface area contributed by atoms with Gasteiger partial charge in [-0.15, -0.1) is 0 Å². The van der Waals surface area contributed by atoms with Crippen molar-refractivity contribution in [3.63, 3.8) is 0 Å². The molecule has 0 spiro atoms. The molecule has 0 bridgehead atoms. The molecule has 0 saturated heterocycles. The van der Waals surface area contributed by atoms with Gasteiger partial charge in [0.2, 0.25) is 0 Å². The third-order valence-corrected chi connectivity index (χ3v) is 2.68. The van der Waals surface area contributed by atoms with E-state index in [0.29, 0.717) is 5.75 Å². The standard InChI is InChI=1S/C14H14O4/c1-9(14(15)16)18-13-6-4-10-7-12(17-2)5-3-11(10)8-13/h3-9H,1-2H3,(H,15,16)/t9-/m0/s1. The highest BCUT2D eigenvalue weighted by Gasteiger charge is 2.12. The van der Waals surface area contributed by atoms with Gasteiger partial charge in [-0.05, 0) is 42.0 Å². The first-order chi connectivity index (χ1) is 8.60. The molecule has 0 heterocycles. The second-order valence-electron chi connectivity index (χ2n) is 3.97. The van der Waals surface area contributed by atoms with Gasteiger partial charge in [0, 0.05) is 0 Å². The second-order valence-corrected chi connectivity index (χ2v) is 3.97. The largest absolute Gasteiger partial charge is 0.497 e. The average molecular weight is 246 g/mol. The predicted molar refractivity (Wildman–Crippen MR) is 68.2 cm³/mol. The Kier molecular flexibility index (Phi) is 3.37. The highest BCUT2D eigenvalue weighted by Crippen LogP contribution is 2.25. The monoisotopic (exact) mass is 246 g/mol. The maximum atomic E-state index is 10.7.